The van der Waals surface area contributed by atoms with E-state index in [1.165, 1.54) is 76.6 Å². The molecule has 1 aliphatic heterocycles. The quantitative estimate of drug-likeness (QED) is 0.158. The lowest BCUT2D eigenvalue weighted by Gasteiger charge is -2.36. The molecule has 9 aromatic rings. The third kappa shape index (κ3) is 5.09. The summed E-state index contributed by atoms with van der Waals surface area (Å²) in [7, 11) is 0. The molecular weight excluding hydrogens is 763 g/mol. The van der Waals surface area contributed by atoms with Crippen LogP contribution >= 0.6 is 23.5 Å². The van der Waals surface area contributed by atoms with Crippen LogP contribution in [0.1, 0.15) is 44.5 Å². The number of anilines is 3. The predicted octanol–water partition coefficient (Wildman–Crippen LogP) is 15.0. The Morgan fingerprint density at radius 1 is 0.300 bits per heavy atom. The van der Waals surface area contributed by atoms with E-state index in [9.17, 15) is 0 Å². The van der Waals surface area contributed by atoms with Crippen LogP contribution in [-0.4, -0.2) is 5.08 Å². The highest BCUT2D eigenvalue weighted by molar-refractivity contribution is 8.18. The lowest BCUT2D eigenvalue weighted by atomic mass is 9.67. The fourth-order valence-electron chi connectivity index (χ4n) is 10.6. The average Bonchev–Trinajstić information content (AvgIpc) is 4.00. The molecule has 0 saturated carbocycles. The van der Waals surface area contributed by atoms with Gasteiger partial charge in [0.25, 0.3) is 0 Å². The molecular formula is C57H39NS2. The maximum absolute atomic E-state index is 2.51. The van der Waals surface area contributed by atoms with E-state index in [1.54, 1.807) is 0 Å². The molecule has 0 atom stereocenters. The van der Waals surface area contributed by atoms with Crippen LogP contribution in [0, 0.1) is 0 Å². The molecule has 9 aromatic carbocycles. The molecule has 0 N–H and O–H groups in total. The van der Waals surface area contributed by atoms with Gasteiger partial charge >= 0.3 is 0 Å². The first kappa shape index (κ1) is 35.4. The molecule has 60 heavy (non-hydrogen) atoms. The van der Waals surface area contributed by atoms with Crippen molar-refractivity contribution in [2.45, 2.75) is 20.6 Å². The summed E-state index contributed by atoms with van der Waals surface area (Å²) in [5, 5.41) is 1.04. The number of thioether (sulfide) groups is 2. The van der Waals surface area contributed by atoms with E-state index in [0.29, 0.717) is 0 Å². The van der Waals surface area contributed by atoms with E-state index in [-0.39, 0.29) is 0 Å². The molecule has 0 unspecified atom stereocenters. The molecule has 1 nitrogen and oxygen atoms in total. The monoisotopic (exact) mass is 801 g/mol. The Labute approximate surface area is 360 Å². The second-order valence-corrected chi connectivity index (χ2v) is 18.3. The maximum Gasteiger partial charge on any atom is 0.0714 e. The van der Waals surface area contributed by atoms with Crippen molar-refractivity contribution in [2.75, 3.05) is 9.98 Å². The van der Waals surface area contributed by atoms with Crippen molar-refractivity contribution in [3.63, 3.8) is 0 Å². The number of fused-ring (bicyclic) bond motifs is 7. The first-order valence-corrected chi connectivity index (χ1v) is 22.6. The summed E-state index contributed by atoms with van der Waals surface area (Å²) < 4.78 is 0. The first-order valence-electron chi connectivity index (χ1n) is 20.7. The zero-order valence-corrected chi connectivity index (χ0v) is 34.5. The molecule has 0 radical (unpaired) electrons. The normalized spacial score (nSPS) is 14.7. The molecule has 1 heterocycles. The minimum atomic E-state index is -0.504. The Kier molecular flexibility index (Phi) is 8.30. The number of nitrogens with zero attached hydrogens (tertiary/aromatic N) is 1. The zero-order valence-electron chi connectivity index (χ0n) is 32.8. The smallest absolute Gasteiger partial charge is 0.0714 e. The minimum Gasteiger partial charge on any atom is -0.310 e. The summed E-state index contributed by atoms with van der Waals surface area (Å²) in [6, 6.07) is 84.0. The Morgan fingerprint density at radius 3 is 1.10 bits per heavy atom. The Balaban J connectivity index is 1.14. The van der Waals surface area contributed by atoms with Gasteiger partial charge in [0.05, 0.1) is 10.8 Å². The standard InChI is InChI=1S/C57H39NS2/c1-5-17-39(18-6-1)56(40-19-7-2-8-20-40)50-27-15-13-25-46(50)48-32-29-43(35-52(48)56)58(45-31-34-54-55(37-45)60-38-59-54)44-30-33-49-47-26-14-16-28-51(47)57(53(49)36-44,41-21-9-3-10-22-41)42-23-11-4-12-24-42/h1-37H,38H2. The summed E-state index contributed by atoms with van der Waals surface area (Å²) in [5.41, 5.74) is 17.8. The summed E-state index contributed by atoms with van der Waals surface area (Å²) >= 11 is 3.87. The van der Waals surface area contributed by atoms with Crippen molar-refractivity contribution in [1.29, 1.82) is 0 Å². The van der Waals surface area contributed by atoms with Crippen LogP contribution in [0.2, 0.25) is 0 Å². The summed E-state index contributed by atoms with van der Waals surface area (Å²) in [4.78, 5) is 5.21. The molecule has 0 bridgehead atoms. The number of rotatable bonds is 7. The molecule has 3 aliphatic rings. The molecule has 284 valence electrons. The van der Waals surface area contributed by atoms with E-state index >= 15 is 0 Å². The van der Waals surface area contributed by atoms with E-state index in [4.69, 9.17) is 0 Å². The summed E-state index contributed by atoms with van der Waals surface area (Å²) in [6.45, 7) is 0. The maximum atomic E-state index is 2.51. The largest absolute Gasteiger partial charge is 0.310 e. The second-order valence-electron chi connectivity index (χ2n) is 15.9. The van der Waals surface area contributed by atoms with Gasteiger partial charge in [-0.2, -0.15) is 0 Å². The lowest BCUT2D eigenvalue weighted by Crippen LogP contribution is -2.29. The molecule has 3 heteroatoms. The molecule has 0 spiro atoms. The fourth-order valence-corrected chi connectivity index (χ4v) is 13.0. The van der Waals surface area contributed by atoms with Crippen LogP contribution in [0.4, 0.5) is 17.1 Å². The number of hydrogen-bond donors (Lipinski definition) is 0. The zero-order chi connectivity index (χ0) is 39.7. The van der Waals surface area contributed by atoms with Gasteiger partial charge in [-0.1, -0.05) is 182 Å². The van der Waals surface area contributed by atoms with Crippen molar-refractivity contribution in [2.24, 2.45) is 0 Å². The third-order valence-corrected chi connectivity index (χ3v) is 15.4. The molecule has 0 saturated heterocycles. The highest BCUT2D eigenvalue weighted by atomic mass is 32.2. The van der Waals surface area contributed by atoms with E-state index < -0.39 is 10.8 Å². The van der Waals surface area contributed by atoms with Crippen molar-refractivity contribution in [1.82, 2.24) is 0 Å². The van der Waals surface area contributed by atoms with Crippen LogP contribution in [0.3, 0.4) is 0 Å². The van der Waals surface area contributed by atoms with Crippen LogP contribution in [-0.2, 0) is 10.8 Å². The predicted molar refractivity (Wildman–Crippen MR) is 252 cm³/mol. The van der Waals surface area contributed by atoms with Crippen LogP contribution < -0.4 is 4.90 Å². The second kappa shape index (κ2) is 14.1. The third-order valence-electron chi connectivity index (χ3n) is 13.0. The molecule has 0 amide bonds. The molecule has 12 rings (SSSR count). The van der Waals surface area contributed by atoms with Crippen LogP contribution in [0.5, 0.6) is 0 Å². The van der Waals surface area contributed by atoms with E-state index in [1.807, 2.05) is 23.5 Å². The van der Waals surface area contributed by atoms with Crippen LogP contribution in [0.15, 0.2) is 234 Å². The van der Waals surface area contributed by atoms with Crippen molar-refractivity contribution < 1.29 is 0 Å². The van der Waals surface area contributed by atoms with E-state index in [2.05, 4.69) is 229 Å². The topological polar surface area (TPSA) is 3.24 Å². The highest BCUT2D eigenvalue weighted by Crippen LogP contribution is 2.60. The average molecular weight is 802 g/mol. The van der Waals surface area contributed by atoms with Gasteiger partial charge in [-0.25, -0.2) is 0 Å². The van der Waals surface area contributed by atoms with Gasteiger partial charge in [-0.3, -0.25) is 0 Å². The van der Waals surface area contributed by atoms with Gasteiger partial charge in [-0.15, -0.1) is 23.5 Å². The Hall–Kier alpha value is -6.52. The molecule has 2 aliphatic carbocycles. The summed E-state index contributed by atoms with van der Waals surface area (Å²) in [5.74, 6) is 0. The Bertz CT molecular complexity index is 2810. The van der Waals surface area contributed by atoms with Crippen molar-refractivity contribution >= 4 is 40.6 Å². The number of hydrogen-bond acceptors (Lipinski definition) is 3. The van der Waals surface area contributed by atoms with Gasteiger partial charge in [0.2, 0.25) is 0 Å². The fraction of sp³-hybridized carbons (Fsp3) is 0.0526. The lowest BCUT2D eigenvalue weighted by molar-refractivity contribution is 0.767. The van der Waals surface area contributed by atoms with Gasteiger partial charge in [0.1, 0.15) is 0 Å². The SMILES string of the molecule is c1ccc(C2(c3ccccc3)c3ccccc3-c3ccc(N(c4ccc5c(c4)SCS5)c4ccc5c(c4)C(c4ccccc4)(c4ccccc4)c4ccccc4-5)cc32)cc1. The van der Waals surface area contributed by atoms with Gasteiger partial charge in [0.15, 0.2) is 0 Å². The van der Waals surface area contributed by atoms with E-state index in [0.717, 1.165) is 22.1 Å². The minimum absolute atomic E-state index is 0.504. The molecule has 0 fully saturated rings. The van der Waals surface area contributed by atoms with Gasteiger partial charge in [0, 0.05) is 31.9 Å². The van der Waals surface area contributed by atoms with Crippen molar-refractivity contribution in [3.05, 3.63) is 269 Å². The first-order chi connectivity index (χ1) is 29.8. The highest BCUT2D eigenvalue weighted by Gasteiger charge is 2.48. The van der Waals surface area contributed by atoms with Gasteiger partial charge < -0.3 is 4.90 Å². The number of benzene rings is 9. The Morgan fingerprint density at radius 2 is 0.650 bits per heavy atom. The van der Waals surface area contributed by atoms with Crippen LogP contribution in [0.25, 0.3) is 22.3 Å². The van der Waals surface area contributed by atoms with Gasteiger partial charge in [-0.05, 0) is 109 Å². The van der Waals surface area contributed by atoms with Crippen molar-refractivity contribution in [3.8, 4) is 22.3 Å². The summed E-state index contributed by atoms with van der Waals surface area (Å²) in [6.07, 6.45) is 0. The molecule has 0 aromatic heterocycles.